The number of hydrogen-bond acceptors (Lipinski definition) is 5. The van der Waals surface area contributed by atoms with Gasteiger partial charge in [0.15, 0.2) is 0 Å². The molecule has 0 atom stereocenters. The zero-order chi connectivity index (χ0) is 21.4. The monoisotopic (exact) mass is 476 g/mol. The van der Waals surface area contributed by atoms with Gasteiger partial charge in [0.1, 0.15) is 12.3 Å². The van der Waals surface area contributed by atoms with Gasteiger partial charge < -0.3 is 10.1 Å². The molecule has 0 aliphatic carbocycles. The molecule has 0 saturated heterocycles. The molecule has 0 unspecified atom stereocenters. The van der Waals surface area contributed by atoms with Gasteiger partial charge in [-0.25, -0.2) is 8.42 Å². The third-order valence-electron chi connectivity index (χ3n) is 3.88. The summed E-state index contributed by atoms with van der Waals surface area (Å²) in [6.07, 6.45) is 1.03. The van der Waals surface area contributed by atoms with Crippen LogP contribution < -0.4 is 14.4 Å². The summed E-state index contributed by atoms with van der Waals surface area (Å²) in [4.78, 5) is 12.3. The molecule has 0 radical (unpaired) electrons. The molecular weight excluding hydrogens is 455 g/mol. The summed E-state index contributed by atoms with van der Waals surface area (Å²) in [6.45, 7) is 0.0307. The minimum atomic E-state index is -3.72. The van der Waals surface area contributed by atoms with Crippen molar-refractivity contribution >= 4 is 56.6 Å². The number of carbonyl (C=O) groups is 1. The fourth-order valence-electron chi connectivity index (χ4n) is 2.49. The van der Waals surface area contributed by atoms with Crippen molar-refractivity contribution in [1.29, 1.82) is 0 Å². The summed E-state index contributed by atoms with van der Waals surface area (Å²) < 4.78 is 30.7. The summed E-state index contributed by atoms with van der Waals surface area (Å²) in [5.41, 5.74) is 1.24. The van der Waals surface area contributed by atoms with Crippen LogP contribution in [0.1, 0.15) is 5.56 Å². The van der Waals surface area contributed by atoms with Gasteiger partial charge in [0.2, 0.25) is 15.9 Å². The Morgan fingerprint density at radius 2 is 1.93 bits per heavy atom. The molecule has 0 bridgehead atoms. The van der Waals surface area contributed by atoms with Crippen LogP contribution in [0.2, 0.25) is 10.0 Å². The van der Waals surface area contributed by atoms with Gasteiger partial charge in [-0.05, 0) is 29.8 Å². The van der Waals surface area contributed by atoms with E-state index in [-0.39, 0.29) is 12.2 Å². The first-order valence-corrected chi connectivity index (χ1v) is 12.4. The Balaban J connectivity index is 1.92. The number of benzene rings is 2. The highest BCUT2D eigenvalue weighted by atomic mass is 35.5. The van der Waals surface area contributed by atoms with E-state index in [9.17, 15) is 13.2 Å². The second-order valence-corrected chi connectivity index (χ2v) is 9.94. The topological polar surface area (TPSA) is 75.7 Å². The van der Waals surface area contributed by atoms with Crippen LogP contribution >= 0.6 is 35.0 Å². The van der Waals surface area contributed by atoms with Gasteiger partial charge in [-0.3, -0.25) is 9.10 Å². The predicted molar refractivity (Wildman–Crippen MR) is 121 cm³/mol. The fourth-order valence-corrected chi connectivity index (χ4v) is 4.65. The van der Waals surface area contributed by atoms with E-state index in [0.29, 0.717) is 28.1 Å². The zero-order valence-corrected chi connectivity index (χ0v) is 19.2. The van der Waals surface area contributed by atoms with Gasteiger partial charge in [0, 0.05) is 28.1 Å². The summed E-state index contributed by atoms with van der Waals surface area (Å²) >= 11 is 13.7. The predicted octanol–water partition coefficient (Wildman–Crippen LogP) is 3.82. The number of anilines is 1. The normalized spacial score (nSPS) is 11.2. The average molecular weight is 477 g/mol. The molecule has 0 aliphatic rings. The van der Waals surface area contributed by atoms with Crippen molar-refractivity contribution < 1.29 is 17.9 Å². The zero-order valence-electron chi connectivity index (χ0n) is 16.0. The van der Waals surface area contributed by atoms with E-state index in [4.69, 9.17) is 27.9 Å². The molecular formula is C19H22Cl2N2O4S2. The number of nitrogens with zero attached hydrogens (tertiary/aromatic N) is 1. The number of thioether (sulfide) groups is 1. The van der Waals surface area contributed by atoms with Crippen LogP contribution in [0, 0.1) is 0 Å². The van der Waals surface area contributed by atoms with Crippen molar-refractivity contribution in [3.8, 4) is 5.75 Å². The van der Waals surface area contributed by atoms with Gasteiger partial charge in [-0.1, -0.05) is 41.4 Å². The number of amides is 1. The molecule has 6 nitrogen and oxygen atoms in total. The highest BCUT2D eigenvalue weighted by Gasteiger charge is 2.24. The second-order valence-electron chi connectivity index (χ2n) is 6.08. The number of carbonyl (C=O) groups excluding carboxylic acids is 1. The third kappa shape index (κ3) is 7.29. The number of ether oxygens (including phenoxy) is 1. The number of methoxy groups -OCH3 is 1. The van der Waals surface area contributed by atoms with Crippen molar-refractivity contribution in [2.45, 2.75) is 5.75 Å². The van der Waals surface area contributed by atoms with Crippen molar-refractivity contribution in [3.63, 3.8) is 0 Å². The maximum Gasteiger partial charge on any atom is 0.240 e. The lowest BCUT2D eigenvalue weighted by molar-refractivity contribution is -0.119. The Bertz CT molecular complexity index is 955. The highest BCUT2D eigenvalue weighted by molar-refractivity contribution is 7.98. The minimum absolute atomic E-state index is 0.214. The Hall–Kier alpha value is -1.61. The van der Waals surface area contributed by atoms with Crippen molar-refractivity contribution in [3.05, 3.63) is 58.1 Å². The lowest BCUT2D eigenvalue weighted by Crippen LogP contribution is -2.41. The number of sulfonamides is 1. The van der Waals surface area contributed by atoms with Crippen molar-refractivity contribution in [2.75, 3.05) is 36.5 Å². The SMILES string of the molecule is COc1ccc(Cl)cc1N(CC(=O)NCCSCc1ccccc1Cl)S(C)(=O)=O. The maximum atomic E-state index is 12.3. The maximum absolute atomic E-state index is 12.3. The third-order valence-corrected chi connectivity index (χ3v) is 6.62. The average Bonchev–Trinajstić information content (AvgIpc) is 2.66. The van der Waals surface area contributed by atoms with Gasteiger partial charge in [0.25, 0.3) is 0 Å². The number of halogens is 2. The van der Waals surface area contributed by atoms with Gasteiger partial charge in [-0.2, -0.15) is 11.8 Å². The van der Waals surface area contributed by atoms with Crippen LogP contribution in [0.4, 0.5) is 5.69 Å². The molecule has 0 aliphatic heterocycles. The summed E-state index contributed by atoms with van der Waals surface area (Å²) in [5.74, 6) is 1.28. The molecule has 2 aromatic carbocycles. The number of nitrogens with one attached hydrogen (secondary N) is 1. The molecule has 0 heterocycles. The van der Waals surface area contributed by atoms with E-state index in [1.165, 1.54) is 13.2 Å². The number of rotatable bonds is 10. The molecule has 158 valence electrons. The standard InChI is InChI=1S/C19H22Cl2N2O4S2/c1-27-18-8-7-15(20)11-17(18)23(29(2,25)26)12-19(24)22-9-10-28-13-14-5-3-4-6-16(14)21/h3-8,11H,9-10,12-13H2,1-2H3,(H,22,24). The summed E-state index contributed by atoms with van der Waals surface area (Å²) in [6, 6.07) is 12.2. The van der Waals surface area contributed by atoms with Crippen molar-refractivity contribution in [1.82, 2.24) is 5.32 Å². The molecule has 0 spiro atoms. The van der Waals surface area contributed by atoms with Gasteiger partial charge >= 0.3 is 0 Å². The number of hydrogen-bond donors (Lipinski definition) is 1. The van der Waals surface area contributed by atoms with E-state index >= 15 is 0 Å². The minimum Gasteiger partial charge on any atom is -0.495 e. The second kappa shape index (κ2) is 11.0. The van der Waals surface area contributed by atoms with E-state index in [2.05, 4.69) is 5.32 Å². The highest BCUT2D eigenvalue weighted by Crippen LogP contribution is 2.32. The molecule has 0 fully saturated rings. The van der Waals surface area contributed by atoms with Crippen LogP contribution in [-0.4, -0.2) is 46.5 Å². The smallest absolute Gasteiger partial charge is 0.240 e. The lowest BCUT2D eigenvalue weighted by atomic mass is 10.2. The Labute approximate surface area is 185 Å². The molecule has 0 saturated carbocycles. The van der Waals surface area contributed by atoms with E-state index in [1.54, 1.807) is 23.9 Å². The van der Waals surface area contributed by atoms with Gasteiger partial charge in [-0.15, -0.1) is 0 Å². The van der Waals surface area contributed by atoms with Crippen LogP contribution in [0.3, 0.4) is 0 Å². The molecule has 2 aromatic rings. The lowest BCUT2D eigenvalue weighted by Gasteiger charge is -2.24. The van der Waals surface area contributed by atoms with E-state index in [0.717, 1.165) is 21.9 Å². The molecule has 1 N–H and O–H groups in total. The molecule has 1 amide bonds. The Morgan fingerprint density at radius 1 is 1.21 bits per heavy atom. The molecule has 2 rings (SSSR count). The van der Waals surface area contributed by atoms with Crippen LogP contribution in [0.5, 0.6) is 5.75 Å². The van der Waals surface area contributed by atoms with Crippen LogP contribution in [0.15, 0.2) is 42.5 Å². The summed E-state index contributed by atoms with van der Waals surface area (Å²) in [5, 5.41) is 3.79. The molecule has 10 heteroatoms. The van der Waals surface area contributed by atoms with E-state index < -0.39 is 15.9 Å². The first-order chi connectivity index (χ1) is 13.7. The first kappa shape index (κ1) is 23.7. The largest absolute Gasteiger partial charge is 0.495 e. The Morgan fingerprint density at radius 3 is 2.59 bits per heavy atom. The molecule has 29 heavy (non-hydrogen) atoms. The Kier molecular flexibility index (Phi) is 8.95. The quantitative estimate of drug-likeness (QED) is 0.527. The van der Waals surface area contributed by atoms with Gasteiger partial charge in [0.05, 0.1) is 19.1 Å². The fraction of sp³-hybridized carbons (Fsp3) is 0.316. The van der Waals surface area contributed by atoms with Crippen molar-refractivity contribution in [2.24, 2.45) is 0 Å². The molecule has 0 aromatic heterocycles. The summed E-state index contributed by atoms with van der Waals surface area (Å²) in [7, 11) is -2.30. The first-order valence-electron chi connectivity index (χ1n) is 8.61. The van der Waals surface area contributed by atoms with Crippen LogP contribution in [0.25, 0.3) is 0 Å². The van der Waals surface area contributed by atoms with E-state index in [1.807, 2.05) is 24.3 Å². The van der Waals surface area contributed by atoms with Crippen LogP contribution in [-0.2, 0) is 20.6 Å².